The van der Waals surface area contributed by atoms with Gasteiger partial charge >= 0.3 is 0 Å². The smallest absolute Gasteiger partial charge is 0.222 e. The quantitative estimate of drug-likeness (QED) is 0.778. The van der Waals surface area contributed by atoms with Gasteiger partial charge in [-0.15, -0.1) is 0 Å². The highest BCUT2D eigenvalue weighted by Crippen LogP contribution is 2.38. The fourth-order valence-electron chi connectivity index (χ4n) is 3.36. The van der Waals surface area contributed by atoms with Crippen molar-refractivity contribution < 1.29 is 19.0 Å². The van der Waals surface area contributed by atoms with Gasteiger partial charge in [-0.1, -0.05) is 0 Å². The molecule has 1 fully saturated rings. The minimum atomic E-state index is 0.219. The van der Waals surface area contributed by atoms with Crippen LogP contribution in [0.5, 0.6) is 17.2 Å². The maximum Gasteiger partial charge on any atom is 0.222 e. The van der Waals surface area contributed by atoms with E-state index in [-0.39, 0.29) is 5.91 Å². The Morgan fingerprint density at radius 3 is 2.20 bits per heavy atom. The number of likely N-dealkylation sites (tertiary alicyclic amines) is 1. The van der Waals surface area contributed by atoms with Gasteiger partial charge in [0.15, 0.2) is 11.5 Å². The second-order valence-corrected chi connectivity index (χ2v) is 6.42. The maximum absolute atomic E-state index is 12.5. The Hall–Kier alpha value is -1.95. The number of methoxy groups -OCH3 is 3. The first-order valence-corrected chi connectivity index (χ1v) is 8.84. The molecule has 1 aliphatic heterocycles. The summed E-state index contributed by atoms with van der Waals surface area (Å²) in [6.07, 6.45) is 3.31. The summed E-state index contributed by atoms with van der Waals surface area (Å²) in [6.45, 7) is 2.76. The normalized spacial score (nSPS) is 15.1. The van der Waals surface area contributed by atoms with Crippen molar-refractivity contribution in [1.29, 1.82) is 0 Å². The molecule has 1 heterocycles. The molecule has 1 aromatic rings. The third-order valence-corrected chi connectivity index (χ3v) is 4.81. The molecule has 1 aliphatic rings. The Labute approximate surface area is 150 Å². The second kappa shape index (κ2) is 9.51. The van der Waals surface area contributed by atoms with E-state index < -0.39 is 0 Å². The van der Waals surface area contributed by atoms with Crippen molar-refractivity contribution in [3.05, 3.63) is 17.7 Å². The number of nitrogens with zero attached hydrogens (tertiary/aromatic N) is 1. The molecule has 0 aliphatic carbocycles. The second-order valence-electron chi connectivity index (χ2n) is 6.42. The van der Waals surface area contributed by atoms with Gasteiger partial charge in [0.1, 0.15) is 0 Å². The number of rotatable bonds is 8. The van der Waals surface area contributed by atoms with E-state index in [0.717, 1.165) is 38.0 Å². The third-order valence-electron chi connectivity index (χ3n) is 4.81. The van der Waals surface area contributed by atoms with E-state index in [0.29, 0.717) is 36.0 Å². The Balaban J connectivity index is 1.93. The number of amides is 1. The number of ether oxygens (including phenoxy) is 3. The van der Waals surface area contributed by atoms with Gasteiger partial charge in [0.25, 0.3) is 0 Å². The highest BCUT2D eigenvalue weighted by molar-refractivity contribution is 5.76. The summed E-state index contributed by atoms with van der Waals surface area (Å²) < 4.78 is 16.1. The summed E-state index contributed by atoms with van der Waals surface area (Å²) in [5.74, 6) is 2.72. The molecule has 0 radical (unpaired) electrons. The van der Waals surface area contributed by atoms with E-state index in [9.17, 15) is 4.79 Å². The number of carbonyl (C=O) groups is 1. The molecule has 0 spiro atoms. The molecule has 0 atom stereocenters. The molecule has 1 amide bonds. The van der Waals surface area contributed by atoms with Crippen molar-refractivity contribution >= 4 is 5.91 Å². The summed E-state index contributed by atoms with van der Waals surface area (Å²) in [7, 11) is 6.76. The third kappa shape index (κ3) is 5.01. The molecule has 140 valence electrons. The Morgan fingerprint density at radius 1 is 1.12 bits per heavy atom. The molecule has 1 N–H and O–H groups in total. The summed E-state index contributed by atoms with van der Waals surface area (Å²) in [6, 6.07) is 3.82. The van der Waals surface area contributed by atoms with Gasteiger partial charge in [-0.2, -0.15) is 0 Å². The maximum atomic E-state index is 12.5. The zero-order valence-electron chi connectivity index (χ0n) is 15.8. The van der Waals surface area contributed by atoms with Crippen molar-refractivity contribution in [3.63, 3.8) is 0 Å². The van der Waals surface area contributed by atoms with Gasteiger partial charge < -0.3 is 24.4 Å². The van der Waals surface area contributed by atoms with Crippen LogP contribution in [0.3, 0.4) is 0 Å². The Morgan fingerprint density at radius 2 is 1.72 bits per heavy atom. The summed E-state index contributed by atoms with van der Waals surface area (Å²) in [4.78, 5) is 14.5. The van der Waals surface area contributed by atoms with Crippen LogP contribution in [-0.2, 0) is 11.2 Å². The number of benzene rings is 1. The van der Waals surface area contributed by atoms with Crippen molar-refractivity contribution in [2.45, 2.75) is 25.7 Å². The lowest BCUT2D eigenvalue weighted by atomic mass is 9.96. The van der Waals surface area contributed by atoms with Crippen molar-refractivity contribution in [2.24, 2.45) is 5.92 Å². The van der Waals surface area contributed by atoms with E-state index >= 15 is 0 Å². The lowest BCUT2D eigenvalue weighted by Gasteiger charge is -2.32. The van der Waals surface area contributed by atoms with Gasteiger partial charge in [-0.3, -0.25) is 4.79 Å². The highest BCUT2D eigenvalue weighted by Gasteiger charge is 2.22. The Kier molecular flexibility index (Phi) is 7.37. The molecular weight excluding hydrogens is 320 g/mol. The summed E-state index contributed by atoms with van der Waals surface area (Å²) >= 11 is 0. The SMILES string of the molecule is CNCC1CCN(C(=O)CCc2cc(OC)c(OC)c(OC)c2)CC1. The molecule has 0 saturated carbocycles. The number of piperidine rings is 1. The standard InChI is InChI=1S/C19H30N2O4/c1-20-13-14-7-9-21(10-8-14)18(22)6-5-15-11-16(23-2)19(25-4)17(12-15)24-3/h11-12,14,20H,5-10,13H2,1-4H3. The topological polar surface area (TPSA) is 60.0 Å². The molecule has 25 heavy (non-hydrogen) atoms. The number of aryl methyl sites for hydroxylation is 1. The van der Waals surface area contributed by atoms with Gasteiger partial charge in [-0.25, -0.2) is 0 Å². The first-order valence-electron chi connectivity index (χ1n) is 8.84. The zero-order chi connectivity index (χ0) is 18.2. The van der Waals surface area contributed by atoms with E-state index in [2.05, 4.69) is 5.32 Å². The van der Waals surface area contributed by atoms with Crippen LogP contribution in [0.2, 0.25) is 0 Å². The molecular formula is C19H30N2O4. The van der Waals surface area contributed by atoms with E-state index in [1.54, 1.807) is 21.3 Å². The van der Waals surface area contributed by atoms with Crippen LogP contribution in [0.25, 0.3) is 0 Å². The predicted molar refractivity (Wildman–Crippen MR) is 97.6 cm³/mol. The van der Waals surface area contributed by atoms with Crippen molar-refractivity contribution in [1.82, 2.24) is 10.2 Å². The predicted octanol–water partition coefficient (Wildman–Crippen LogP) is 2.10. The molecule has 6 heteroatoms. The first kappa shape index (κ1) is 19.4. The zero-order valence-corrected chi connectivity index (χ0v) is 15.8. The van der Waals surface area contributed by atoms with Gasteiger partial charge in [0.2, 0.25) is 11.7 Å². The van der Waals surface area contributed by atoms with Gasteiger partial charge in [0, 0.05) is 19.5 Å². The average Bonchev–Trinajstić information content (AvgIpc) is 2.65. The van der Waals surface area contributed by atoms with E-state index in [1.165, 1.54) is 0 Å². The summed E-state index contributed by atoms with van der Waals surface area (Å²) in [5.41, 5.74) is 1.01. The Bertz CT molecular complexity index is 544. The van der Waals surface area contributed by atoms with Crippen molar-refractivity contribution in [3.8, 4) is 17.2 Å². The largest absolute Gasteiger partial charge is 0.493 e. The number of hydrogen-bond donors (Lipinski definition) is 1. The first-order chi connectivity index (χ1) is 12.1. The number of hydrogen-bond acceptors (Lipinski definition) is 5. The van der Waals surface area contributed by atoms with Crippen molar-refractivity contribution in [2.75, 3.05) is 48.0 Å². The summed E-state index contributed by atoms with van der Waals surface area (Å²) in [5, 5.41) is 3.22. The van der Waals surface area contributed by atoms with Crippen LogP contribution in [0, 0.1) is 5.92 Å². The van der Waals surface area contributed by atoms with Crippen LogP contribution in [0.1, 0.15) is 24.8 Å². The lowest BCUT2D eigenvalue weighted by molar-refractivity contribution is -0.132. The van der Waals surface area contributed by atoms with Crippen LogP contribution in [0.15, 0.2) is 12.1 Å². The fourth-order valence-corrected chi connectivity index (χ4v) is 3.36. The molecule has 1 aromatic carbocycles. The number of carbonyl (C=O) groups excluding carboxylic acids is 1. The van der Waals surface area contributed by atoms with E-state index in [1.807, 2.05) is 24.1 Å². The molecule has 0 unspecified atom stereocenters. The molecule has 6 nitrogen and oxygen atoms in total. The average molecular weight is 350 g/mol. The molecule has 0 aromatic heterocycles. The number of nitrogens with one attached hydrogen (secondary N) is 1. The van der Waals surface area contributed by atoms with Gasteiger partial charge in [-0.05, 0) is 56.5 Å². The monoisotopic (exact) mass is 350 g/mol. The van der Waals surface area contributed by atoms with Crippen LogP contribution >= 0.6 is 0 Å². The van der Waals surface area contributed by atoms with Gasteiger partial charge in [0.05, 0.1) is 21.3 Å². The van der Waals surface area contributed by atoms with E-state index in [4.69, 9.17) is 14.2 Å². The molecule has 1 saturated heterocycles. The van der Waals surface area contributed by atoms with Crippen LogP contribution < -0.4 is 19.5 Å². The minimum absolute atomic E-state index is 0.219. The molecule has 0 bridgehead atoms. The highest BCUT2D eigenvalue weighted by atomic mass is 16.5. The lowest BCUT2D eigenvalue weighted by Crippen LogP contribution is -2.40. The fraction of sp³-hybridized carbons (Fsp3) is 0.632. The molecule has 2 rings (SSSR count). The van der Waals surface area contributed by atoms with Crippen LogP contribution in [0.4, 0.5) is 0 Å². The minimum Gasteiger partial charge on any atom is -0.493 e. The van der Waals surface area contributed by atoms with Crippen LogP contribution in [-0.4, -0.2) is 58.8 Å².